The lowest BCUT2D eigenvalue weighted by Gasteiger charge is -1.95. The second kappa shape index (κ2) is 3.18. The number of benzene rings is 1. The van der Waals surface area contributed by atoms with Crippen molar-refractivity contribution in [1.29, 1.82) is 0 Å². The summed E-state index contributed by atoms with van der Waals surface area (Å²) in [4.78, 5) is 4.09. The quantitative estimate of drug-likeness (QED) is 0.750. The molecule has 0 radical (unpaired) electrons. The number of oxazole rings is 1. The van der Waals surface area contributed by atoms with E-state index in [4.69, 9.17) is 4.42 Å². The number of hydrogen-bond acceptors (Lipinski definition) is 3. The van der Waals surface area contributed by atoms with Gasteiger partial charge in [0, 0.05) is 5.56 Å². The molecule has 0 unspecified atom stereocenters. The van der Waals surface area contributed by atoms with E-state index in [-0.39, 0.29) is 5.95 Å². The SMILES string of the molecule is Cc1ccc(-c2nc(C)c(O)o2)cc1. The molecule has 1 aromatic carbocycles. The second-order valence-corrected chi connectivity index (χ2v) is 3.28. The Kier molecular flexibility index (Phi) is 2.00. The molecule has 0 amide bonds. The summed E-state index contributed by atoms with van der Waals surface area (Å²) in [5.41, 5.74) is 2.57. The summed E-state index contributed by atoms with van der Waals surface area (Å²) >= 11 is 0. The lowest BCUT2D eigenvalue weighted by atomic mass is 10.1. The number of aromatic hydroxyl groups is 1. The van der Waals surface area contributed by atoms with Gasteiger partial charge in [0.1, 0.15) is 5.69 Å². The Labute approximate surface area is 82.0 Å². The van der Waals surface area contributed by atoms with Crippen molar-refractivity contribution in [3.63, 3.8) is 0 Å². The maximum atomic E-state index is 9.23. The van der Waals surface area contributed by atoms with Gasteiger partial charge in [0.15, 0.2) is 0 Å². The Hall–Kier alpha value is -1.77. The van der Waals surface area contributed by atoms with E-state index in [2.05, 4.69) is 4.98 Å². The zero-order valence-electron chi connectivity index (χ0n) is 8.11. The highest BCUT2D eigenvalue weighted by molar-refractivity contribution is 5.54. The van der Waals surface area contributed by atoms with E-state index in [1.807, 2.05) is 31.2 Å². The van der Waals surface area contributed by atoms with Gasteiger partial charge in [0.05, 0.1) is 0 Å². The lowest BCUT2D eigenvalue weighted by Crippen LogP contribution is -1.78. The largest absolute Gasteiger partial charge is 0.479 e. The lowest BCUT2D eigenvalue weighted by molar-refractivity contribution is 0.334. The normalized spacial score (nSPS) is 10.4. The summed E-state index contributed by atoms with van der Waals surface area (Å²) in [7, 11) is 0. The highest BCUT2D eigenvalue weighted by Crippen LogP contribution is 2.25. The third-order valence-corrected chi connectivity index (χ3v) is 2.07. The van der Waals surface area contributed by atoms with Gasteiger partial charge in [-0.2, -0.15) is 0 Å². The topological polar surface area (TPSA) is 46.3 Å². The van der Waals surface area contributed by atoms with Crippen LogP contribution >= 0.6 is 0 Å². The molecule has 72 valence electrons. The first kappa shape index (κ1) is 8.81. The maximum Gasteiger partial charge on any atom is 0.306 e. The van der Waals surface area contributed by atoms with Gasteiger partial charge < -0.3 is 9.52 Å². The molecule has 0 fully saturated rings. The number of aryl methyl sites for hydroxylation is 2. The van der Waals surface area contributed by atoms with Gasteiger partial charge in [-0.15, -0.1) is 0 Å². The molecule has 0 saturated carbocycles. The van der Waals surface area contributed by atoms with E-state index >= 15 is 0 Å². The highest BCUT2D eigenvalue weighted by Gasteiger charge is 2.09. The van der Waals surface area contributed by atoms with Crippen LogP contribution in [-0.4, -0.2) is 10.1 Å². The molecule has 1 N–H and O–H groups in total. The van der Waals surface area contributed by atoms with E-state index in [1.165, 1.54) is 5.56 Å². The maximum absolute atomic E-state index is 9.23. The van der Waals surface area contributed by atoms with Crippen LogP contribution in [0, 0.1) is 13.8 Å². The van der Waals surface area contributed by atoms with Crippen LogP contribution in [0.3, 0.4) is 0 Å². The van der Waals surface area contributed by atoms with Crippen LogP contribution in [0.5, 0.6) is 5.95 Å². The molecule has 3 heteroatoms. The van der Waals surface area contributed by atoms with Crippen LogP contribution in [0.2, 0.25) is 0 Å². The van der Waals surface area contributed by atoms with Gasteiger partial charge in [0.2, 0.25) is 5.89 Å². The average Bonchev–Trinajstić information content (AvgIpc) is 2.48. The fourth-order valence-electron chi connectivity index (χ4n) is 1.21. The van der Waals surface area contributed by atoms with E-state index < -0.39 is 0 Å². The van der Waals surface area contributed by atoms with Crippen molar-refractivity contribution >= 4 is 0 Å². The Morgan fingerprint density at radius 2 is 1.79 bits per heavy atom. The van der Waals surface area contributed by atoms with Crippen molar-refractivity contribution in [1.82, 2.24) is 4.98 Å². The molecule has 0 aliphatic carbocycles. The molecule has 0 atom stereocenters. The Morgan fingerprint density at radius 3 is 2.29 bits per heavy atom. The summed E-state index contributed by atoms with van der Waals surface area (Å²) < 4.78 is 5.08. The zero-order chi connectivity index (χ0) is 10.1. The van der Waals surface area contributed by atoms with Crippen LogP contribution in [-0.2, 0) is 0 Å². The van der Waals surface area contributed by atoms with Crippen LogP contribution in [0.15, 0.2) is 28.7 Å². The molecule has 14 heavy (non-hydrogen) atoms. The minimum absolute atomic E-state index is 0.111. The highest BCUT2D eigenvalue weighted by atomic mass is 16.5. The molecule has 0 bridgehead atoms. The molecular weight excluding hydrogens is 178 g/mol. The summed E-state index contributed by atoms with van der Waals surface area (Å²) in [6.07, 6.45) is 0. The Morgan fingerprint density at radius 1 is 1.14 bits per heavy atom. The van der Waals surface area contributed by atoms with Crippen LogP contribution in [0.25, 0.3) is 11.5 Å². The van der Waals surface area contributed by atoms with E-state index in [0.29, 0.717) is 11.6 Å². The third kappa shape index (κ3) is 1.48. The van der Waals surface area contributed by atoms with Gasteiger partial charge in [-0.25, -0.2) is 4.98 Å². The van der Waals surface area contributed by atoms with Gasteiger partial charge in [-0.3, -0.25) is 0 Å². The number of rotatable bonds is 1. The van der Waals surface area contributed by atoms with Crippen molar-refractivity contribution < 1.29 is 9.52 Å². The van der Waals surface area contributed by atoms with Gasteiger partial charge in [-0.1, -0.05) is 17.7 Å². The summed E-state index contributed by atoms with van der Waals surface area (Å²) in [6.45, 7) is 3.72. The van der Waals surface area contributed by atoms with Gasteiger partial charge in [-0.05, 0) is 26.0 Å². The minimum atomic E-state index is -0.111. The molecule has 0 aliphatic rings. The van der Waals surface area contributed by atoms with E-state index in [0.717, 1.165) is 5.56 Å². The van der Waals surface area contributed by atoms with Crippen LogP contribution < -0.4 is 0 Å². The summed E-state index contributed by atoms with van der Waals surface area (Å²) in [6, 6.07) is 7.79. The molecular formula is C11H11NO2. The fourth-order valence-corrected chi connectivity index (χ4v) is 1.21. The van der Waals surface area contributed by atoms with Crippen molar-refractivity contribution in [2.75, 3.05) is 0 Å². The van der Waals surface area contributed by atoms with Crippen molar-refractivity contribution in [2.24, 2.45) is 0 Å². The number of nitrogens with zero attached hydrogens (tertiary/aromatic N) is 1. The standard InChI is InChI=1S/C11H11NO2/c1-7-3-5-9(6-4-7)10-12-8(2)11(13)14-10/h3-6,13H,1-2H3. The fraction of sp³-hybridized carbons (Fsp3) is 0.182. The summed E-state index contributed by atoms with van der Waals surface area (Å²) in [5, 5.41) is 9.23. The zero-order valence-corrected chi connectivity index (χ0v) is 8.11. The van der Waals surface area contributed by atoms with Crippen molar-refractivity contribution in [3.05, 3.63) is 35.5 Å². The predicted octanol–water partition coefficient (Wildman–Crippen LogP) is 2.66. The molecule has 2 aromatic rings. The first-order valence-corrected chi connectivity index (χ1v) is 4.40. The monoisotopic (exact) mass is 189 g/mol. The third-order valence-electron chi connectivity index (χ3n) is 2.07. The second-order valence-electron chi connectivity index (χ2n) is 3.28. The molecule has 3 nitrogen and oxygen atoms in total. The summed E-state index contributed by atoms with van der Waals surface area (Å²) in [5.74, 6) is 0.348. The van der Waals surface area contributed by atoms with Crippen molar-refractivity contribution in [2.45, 2.75) is 13.8 Å². The van der Waals surface area contributed by atoms with E-state index in [1.54, 1.807) is 6.92 Å². The predicted molar refractivity (Wildman–Crippen MR) is 53.1 cm³/mol. The smallest absolute Gasteiger partial charge is 0.306 e. The Bertz CT molecular complexity index is 423. The Balaban J connectivity index is 2.44. The van der Waals surface area contributed by atoms with E-state index in [9.17, 15) is 5.11 Å². The molecule has 0 spiro atoms. The number of aromatic nitrogens is 1. The van der Waals surface area contributed by atoms with Gasteiger partial charge >= 0.3 is 5.95 Å². The molecule has 0 saturated heterocycles. The molecule has 2 rings (SSSR count). The first-order valence-electron chi connectivity index (χ1n) is 4.40. The van der Waals surface area contributed by atoms with Crippen LogP contribution in [0.1, 0.15) is 11.3 Å². The molecule has 0 aliphatic heterocycles. The number of hydrogen-bond donors (Lipinski definition) is 1. The van der Waals surface area contributed by atoms with Gasteiger partial charge in [0.25, 0.3) is 0 Å². The molecule has 1 aromatic heterocycles. The first-order chi connectivity index (χ1) is 6.66. The average molecular weight is 189 g/mol. The molecule has 1 heterocycles. The van der Waals surface area contributed by atoms with Crippen LogP contribution in [0.4, 0.5) is 0 Å². The van der Waals surface area contributed by atoms with Crippen molar-refractivity contribution in [3.8, 4) is 17.4 Å². The minimum Gasteiger partial charge on any atom is -0.479 e.